The van der Waals surface area contributed by atoms with E-state index in [4.69, 9.17) is 4.74 Å². The first kappa shape index (κ1) is 22.7. The van der Waals surface area contributed by atoms with Crippen molar-refractivity contribution in [3.8, 4) is 6.07 Å². The van der Waals surface area contributed by atoms with Crippen LogP contribution < -0.4 is 5.32 Å². The van der Waals surface area contributed by atoms with E-state index in [0.29, 0.717) is 23.4 Å². The number of para-hydroxylation sites is 2. The van der Waals surface area contributed by atoms with Crippen LogP contribution in [0.2, 0.25) is 0 Å². The third kappa shape index (κ3) is 5.47. The van der Waals surface area contributed by atoms with Crippen molar-refractivity contribution in [2.75, 3.05) is 25.5 Å². The Kier molecular flexibility index (Phi) is 7.16. The van der Waals surface area contributed by atoms with Gasteiger partial charge >= 0.3 is 5.97 Å². The molecule has 0 aliphatic carbocycles. The van der Waals surface area contributed by atoms with Crippen LogP contribution in [-0.4, -0.2) is 41.0 Å². The lowest BCUT2D eigenvalue weighted by Crippen LogP contribution is -2.32. The van der Waals surface area contributed by atoms with Gasteiger partial charge in [0.2, 0.25) is 0 Å². The summed E-state index contributed by atoms with van der Waals surface area (Å²) in [5.74, 6) is -0.555. The van der Waals surface area contributed by atoms with Gasteiger partial charge in [-0.05, 0) is 55.1 Å². The lowest BCUT2D eigenvalue weighted by molar-refractivity contribution is -0.141. The van der Waals surface area contributed by atoms with Gasteiger partial charge in [-0.15, -0.1) is 0 Å². The number of nitrogens with zero attached hydrogens (tertiary/aromatic N) is 4. The number of esters is 1. The number of carbonyl (C=O) groups is 1. The number of anilines is 1. The van der Waals surface area contributed by atoms with Crippen molar-refractivity contribution >= 4 is 22.8 Å². The van der Waals surface area contributed by atoms with Gasteiger partial charge in [0.05, 0.1) is 24.2 Å². The number of likely N-dealkylation sites (tertiary alicyclic amines) is 1. The highest BCUT2D eigenvalue weighted by Gasteiger charge is 2.27. The number of rotatable bonds is 7. The van der Waals surface area contributed by atoms with E-state index in [2.05, 4.69) is 51.4 Å². The Bertz CT molecular complexity index is 1150. The first-order chi connectivity index (χ1) is 16.1. The van der Waals surface area contributed by atoms with E-state index < -0.39 is 11.9 Å². The van der Waals surface area contributed by atoms with Crippen molar-refractivity contribution in [1.82, 2.24) is 14.9 Å². The fourth-order valence-corrected chi connectivity index (χ4v) is 4.12. The molecule has 7 nitrogen and oxygen atoms in total. The molecule has 2 heterocycles. The summed E-state index contributed by atoms with van der Waals surface area (Å²) >= 11 is 0. The van der Waals surface area contributed by atoms with Gasteiger partial charge in [-0.1, -0.05) is 43.3 Å². The monoisotopic (exact) mass is 443 g/mol. The fourth-order valence-electron chi connectivity index (χ4n) is 4.12. The molecule has 1 fully saturated rings. The maximum Gasteiger partial charge on any atom is 0.329 e. The number of piperidine rings is 1. The van der Waals surface area contributed by atoms with E-state index in [1.54, 1.807) is 0 Å². The molecule has 4 rings (SSSR count). The minimum Gasteiger partial charge on any atom is -0.468 e. The predicted octanol–water partition coefficient (Wildman–Crippen LogP) is 4.25. The standard InChI is InChI=1S/C26H29N5O2/c1-18-11-13-31(14-12-18)17-20-9-7-19(8-10-20)16-28-25-24(21(15-27)26(32)33-2)29-22-5-3-4-6-23(22)30-25/h3-10,18,21H,11-14,16-17H2,1-2H3,(H,28,30). The van der Waals surface area contributed by atoms with E-state index in [1.807, 2.05) is 30.3 Å². The number of benzene rings is 2. The molecule has 170 valence electrons. The SMILES string of the molecule is COC(=O)C(C#N)c1nc2ccccc2nc1NCc1ccc(CN2CCC(C)CC2)cc1. The Hall–Kier alpha value is -3.50. The van der Waals surface area contributed by atoms with Gasteiger partial charge in [0.1, 0.15) is 5.69 Å². The van der Waals surface area contributed by atoms with Crippen molar-refractivity contribution in [1.29, 1.82) is 5.26 Å². The van der Waals surface area contributed by atoms with E-state index in [0.717, 1.165) is 31.1 Å². The van der Waals surface area contributed by atoms with Crippen LogP contribution >= 0.6 is 0 Å². The van der Waals surface area contributed by atoms with E-state index in [1.165, 1.54) is 25.5 Å². The minimum atomic E-state index is -1.15. The Morgan fingerprint density at radius 2 is 1.76 bits per heavy atom. The lowest BCUT2D eigenvalue weighted by Gasteiger charge is -2.30. The topological polar surface area (TPSA) is 91.1 Å². The maximum absolute atomic E-state index is 12.2. The molecule has 1 atom stereocenters. The second-order valence-electron chi connectivity index (χ2n) is 8.66. The zero-order chi connectivity index (χ0) is 23.2. The molecule has 1 aliphatic heterocycles. The Morgan fingerprint density at radius 1 is 1.12 bits per heavy atom. The summed E-state index contributed by atoms with van der Waals surface area (Å²) in [5, 5.41) is 12.9. The molecule has 0 radical (unpaired) electrons. The highest BCUT2D eigenvalue weighted by atomic mass is 16.5. The van der Waals surface area contributed by atoms with Crippen molar-refractivity contribution in [3.05, 3.63) is 65.4 Å². The molecule has 3 aromatic rings. The third-order valence-corrected chi connectivity index (χ3v) is 6.20. The second-order valence-corrected chi connectivity index (χ2v) is 8.66. The van der Waals surface area contributed by atoms with Gasteiger partial charge in [-0.25, -0.2) is 9.97 Å². The molecule has 2 aromatic carbocycles. The number of hydrogen-bond donors (Lipinski definition) is 1. The number of methoxy groups -OCH3 is 1. The van der Waals surface area contributed by atoms with Gasteiger partial charge in [0, 0.05) is 13.1 Å². The van der Waals surface area contributed by atoms with E-state index in [-0.39, 0.29) is 5.69 Å². The van der Waals surface area contributed by atoms with Gasteiger partial charge in [-0.3, -0.25) is 9.69 Å². The van der Waals surface area contributed by atoms with Gasteiger partial charge < -0.3 is 10.1 Å². The summed E-state index contributed by atoms with van der Waals surface area (Å²) in [6.45, 7) is 6.13. The first-order valence-electron chi connectivity index (χ1n) is 11.4. The third-order valence-electron chi connectivity index (χ3n) is 6.20. The Morgan fingerprint density at radius 3 is 2.39 bits per heavy atom. The molecular formula is C26H29N5O2. The lowest BCUT2D eigenvalue weighted by atomic mass is 9.99. The van der Waals surface area contributed by atoms with Crippen molar-refractivity contribution in [2.45, 2.75) is 38.8 Å². The molecule has 1 saturated heterocycles. The average molecular weight is 444 g/mol. The summed E-state index contributed by atoms with van der Waals surface area (Å²) in [7, 11) is 1.26. The molecule has 1 N–H and O–H groups in total. The fraction of sp³-hybridized carbons (Fsp3) is 0.385. The number of hydrogen-bond acceptors (Lipinski definition) is 7. The van der Waals surface area contributed by atoms with Crippen molar-refractivity contribution in [3.63, 3.8) is 0 Å². The van der Waals surface area contributed by atoms with Crippen LogP contribution in [0.25, 0.3) is 11.0 Å². The van der Waals surface area contributed by atoms with Crippen LogP contribution in [0.4, 0.5) is 5.82 Å². The molecular weight excluding hydrogens is 414 g/mol. The van der Waals surface area contributed by atoms with Crippen LogP contribution in [0, 0.1) is 17.2 Å². The highest BCUT2D eigenvalue weighted by molar-refractivity contribution is 5.84. The summed E-state index contributed by atoms with van der Waals surface area (Å²) in [6.07, 6.45) is 2.54. The van der Waals surface area contributed by atoms with Crippen molar-refractivity contribution in [2.24, 2.45) is 5.92 Å². The number of fused-ring (bicyclic) bond motifs is 1. The molecule has 33 heavy (non-hydrogen) atoms. The second kappa shape index (κ2) is 10.4. The van der Waals surface area contributed by atoms with E-state index in [9.17, 15) is 10.1 Å². The van der Waals surface area contributed by atoms with Crippen LogP contribution in [-0.2, 0) is 22.6 Å². The van der Waals surface area contributed by atoms with Crippen LogP contribution in [0.3, 0.4) is 0 Å². The molecule has 0 bridgehead atoms. The molecule has 1 unspecified atom stereocenters. The highest BCUT2D eigenvalue weighted by Crippen LogP contribution is 2.25. The Labute approximate surface area is 194 Å². The molecule has 0 spiro atoms. The normalized spacial score (nSPS) is 15.7. The quantitative estimate of drug-likeness (QED) is 0.546. The average Bonchev–Trinajstić information content (AvgIpc) is 2.85. The van der Waals surface area contributed by atoms with Gasteiger partial charge in [0.25, 0.3) is 0 Å². The molecule has 0 amide bonds. The van der Waals surface area contributed by atoms with Gasteiger partial charge in [-0.2, -0.15) is 5.26 Å². The molecule has 1 aromatic heterocycles. The predicted molar refractivity (Wildman–Crippen MR) is 127 cm³/mol. The molecule has 1 aliphatic rings. The molecule has 7 heteroatoms. The summed E-state index contributed by atoms with van der Waals surface area (Å²) in [5.41, 5.74) is 3.97. The summed E-state index contributed by atoms with van der Waals surface area (Å²) in [4.78, 5) is 23.9. The number of carbonyl (C=O) groups excluding carboxylic acids is 1. The zero-order valence-electron chi connectivity index (χ0n) is 19.1. The van der Waals surface area contributed by atoms with Gasteiger partial charge in [0.15, 0.2) is 11.7 Å². The smallest absolute Gasteiger partial charge is 0.329 e. The summed E-state index contributed by atoms with van der Waals surface area (Å²) in [6, 6.07) is 17.9. The summed E-state index contributed by atoms with van der Waals surface area (Å²) < 4.78 is 4.81. The number of nitriles is 1. The first-order valence-corrected chi connectivity index (χ1v) is 11.4. The van der Waals surface area contributed by atoms with Crippen LogP contribution in [0.5, 0.6) is 0 Å². The van der Waals surface area contributed by atoms with Crippen LogP contribution in [0.1, 0.15) is 42.5 Å². The zero-order valence-corrected chi connectivity index (χ0v) is 19.1. The van der Waals surface area contributed by atoms with Crippen LogP contribution in [0.15, 0.2) is 48.5 Å². The largest absolute Gasteiger partial charge is 0.468 e. The maximum atomic E-state index is 12.2. The van der Waals surface area contributed by atoms with E-state index >= 15 is 0 Å². The number of ether oxygens (including phenoxy) is 1. The number of nitrogens with one attached hydrogen (secondary N) is 1. The Balaban J connectivity index is 1.49. The van der Waals surface area contributed by atoms with Crippen molar-refractivity contribution < 1.29 is 9.53 Å². The minimum absolute atomic E-state index is 0.277. The molecule has 0 saturated carbocycles. The number of aromatic nitrogens is 2.